The summed E-state index contributed by atoms with van der Waals surface area (Å²) in [5.41, 5.74) is 0. The van der Waals surface area contributed by atoms with Gasteiger partial charge in [-0.1, -0.05) is 33.6 Å². The van der Waals surface area contributed by atoms with Crippen molar-refractivity contribution in [1.29, 1.82) is 0 Å². The fourth-order valence-electron chi connectivity index (χ4n) is 1.25. The largest absolute Gasteiger partial charge is 0.417 e. The van der Waals surface area contributed by atoms with E-state index in [2.05, 4.69) is 27.3 Å². The molecule has 0 aromatic rings. The van der Waals surface area contributed by atoms with Gasteiger partial charge in [-0.3, -0.25) is 0 Å². The Labute approximate surface area is 78.6 Å². The lowest BCUT2D eigenvalue weighted by Crippen LogP contribution is -2.33. The molecule has 0 aliphatic heterocycles. The van der Waals surface area contributed by atoms with E-state index in [1.54, 1.807) is 0 Å². The molecule has 0 spiro atoms. The molecular weight excluding hydrogens is 164 g/mol. The predicted octanol–water partition coefficient (Wildman–Crippen LogP) is 3.81. The summed E-state index contributed by atoms with van der Waals surface area (Å²) in [5.74, 6) is 0. The first-order valence-electron chi connectivity index (χ1n) is 5.32. The summed E-state index contributed by atoms with van der Waals surface area (Å²) in [7, 11) is -1.27. The maximum Gasteiger partial charge on any atom is 0.189 e. The Morgan fingerprint density at radius 1 is 1.08 bits per heavy atom. The summed E-state index contributed by atoms with van der Waals surface area (Å²) < 4.78 is 5.97. The van der Waals surface area contributed by atoms with Crippen LogP contribution in [0.2, 0.25) is 18.6 Å². The van der Waals surface area contributed by atoms with Gasteiger partial charge in [-0.15, -0.1) is 0 Å². The first-order valence-corrected chi connectivity index (χ1v) is 8.14. The van der Waals surface area contributed by atoms with E-state index in [-0.39, 0.29) is 0 Å². The summed E-state index contributed by atoms with van der Waals surface area (Å²) in [6.45, 7) is 10.1. The zero-order valence-corrected chi connectivity index (χ0v) is 10.2. The highest BCUT2D eigenvalue weighted by Gasteiger charge is 2.25. The fourth-order valence-corrected chi connectivity index (χ4v) is 3.75. The highest BCUT2D eigenvalue weighted by atomic mass is 28.4. The maximum absolute atomic E-state index is 5.97. The quantitative estimate of drug-likeness (QED) is 0.552. The van der Waals surface area contributed by atoms with Crippen molar-refractivity contribution in [3.8, 4) is 0 Å². The topological polar surface area (TPSA) is 9.23 Å². The number of rotatable bonds is 7. The van der Waals surface area contributed by atoms with Gasteiger partial charge in [0.05, 0.1) is 0 Å². The smallest absolute Gasteiger partial charge is 0.189 e. The van der Waals surface area contributed by atoms with Crippen molar-refractivity contribution in [3.05, 3.63) is 0 Å². The van der Waals surface area contributed by atoms with Crippen LogP contribution in [0, 0.1) is 0 Å². The molecule has 0 bridgehead atoms. The van der Waals surface area contributed by atoms with Crippen LogP contribution in [0.1, 0.15) is 40.0 Å². The number of hydrogen-bond donors (Lipinski definition) is 0. The van der Waals surface area contributed by atoms with E-state index in [9.17, 15) is 0 Å². The average Bonchev–Trinajstić information content (AvgIpc) is 2.11. The van der Waals surface area contributed by atoms with E-state index in [4.69, 9.17) is 4.43 Å². The van der Waals surface area contributed by atoms with Crippen molar-refractivity contribution >= 4 is 8.32 Å². The van der Waals surface area contributed by atoms with Crippen LogP contribution in [-0.4, -0.2) is 14.9 Å². The average molecular weight is 188 g/mol. The Morgan fingerprint density at radius 3 is 2.17 bits per heavy atom. The standard InChI is InChI=1S/C10H24OSi/c1-5-8-10-12(4,7-3)11-9-6-2/h5-10H2,1-4H3. The first kappa shape index (κ1) is 12.2. The highest BCUT2D eigenvalue weighted by Crippen LogP contribution is 2.19. The lowest BCUT2D eigenvalue weighted by molar-refractivity contribution is 0.301. The van der Waals surface area contributed by atoms with Crippen molar-refractivity contribution in [3.63, 3.8) is 0 Å². The summed E-state index contributed by atoms with van der Waals surface area (Å²) in [6, 6.07) is 2.62. The molecule has 0 fully saturated rings. The predicted molar refractivity (Wildman–Crippen MR) is 58.1 cm³/mol. The molecule has 0 aliphatic carbocycles. The van der Waals surface area contributed by atoms with Gasteiger partial charge in [0.15, 0.2) is 8.32 Å². The number of hydrogen-bond acceptors (Lipinski definition) is 1. The van der Waals surface area contributed by atoms with Crippen molar-refractivity contribution < 1.29 is 4.43 Å². The van der Waals surface area contributed by atoms with Crippen molar-refractivity contribution in [2.24, 2.45) is 0 Å². The number of unbranched alkanes of at least 4 members (excludes halogenated alkanes) is 1. The third kappa shape index (κ3) is 4.94. The van der Waals surface area contributed by atoms with Crippen molar-refractivity contribution in [2.75, 3.05) is 6.61 Å². The monoisotopic (exact) mass is 188 g/mol. The van der Waals surface area contributed by atoms with Gasteiger partial charge in [0.25, 0.3) is 0 Å². The molecule has 0 N–H and O–H groups in total. The minimum absolute atomic E-state index is 0.972. The fraction of sp³-hybridized carbons (Fsp3) is 1.00. The van der Waals surface area contributed by atoms with Gasteiger partial charge in [-0.2, -0.15) is 0 Å². The van der Waals surface area contributed by atoms with Crippen LogP contribution in [0.5, 0.6) is 0 Å². The molecule has 0 saturated heterocycles. The Kier molecular flexibility index (Phi) is 6.77. The van der Waals surface area contributed by atoms with Crippen LogP contribution in [0.3, 0.4) is 0 Å². The Morgan fingerprint density at radius 2 is 1.75 bits per heavy atom. The van der Waals surface area contributed by atoms with E-state index >= 15 is 0 Å². The van der Waals surface area contributed by atoms with Gasteiger partial charge in [0.2, 0.25) is 0 Å². The summed E-state index contributed by atoms with van der Waals surface area (Å²) in [5, 5.41) is 0. The normalized spacial score (nSPS) is 16.0. The molecule has 0 rings (SSSR count). The van der Waals surface area contributed by atoms with Gasteiger partial charge in [0, 0.05) is 6.61 Å². The van der Waals surface area contributed by atoms with Gasteiger partial charge < -0.3 is 4.43 Å². The van der Waals surface area contributed by atoms with Crippen LogP contribution in [-0.2, 0) is 4.43 Å². The van der Waals surface area contributed by atoms with E-state index in [1.807, 2.05) is 0 Å². The second-order valence-electron chi connectivity index (χ2n) is 3.76. The SMILES string of the molecule is CCCC[Si](C)(CC)OCCC. The van der Waals surface area contributed by atoms with E-state index < -0.39 is 8.32 Å². The highest BCUT2D eigenvalue weighted by molar-refractivity contribution is 6.72. The maximum atomic E-state index is 5.97. The van der Waals surface area contributed by atoms with Crippen molar-refractivity contribution in [1.82, 2.24) is 0 Å². The van der Waals surface area contributed by atoms with E-state index in [0.717, 1.165) is 13.0 Å². The van der Waals surface area contributed by atoms with Gasteiger partial charge >= 0.3 is 0 Å². The van der Waals surface area contributed by atoms with Crippen LogP contribution < -0.4 is 0 Å². The van der Waals surface area contributed by atoms with Crippen molar-refractivity contribution in [2.45, 2.75) is 58.7 Å². The lowest BCUT2D eigenvalue weighted by atomic mass is 10.4. The molecule has 0 heterocycles. The van der Waals surface area contributed by atoms with Crippen LogP contribution in [0.4, 0.5) is 0 Å². The molecule has 0 aromatic heterocycles. The Balaban J connectivity index is 3.70. The van der Waals surface area contributed by atoms with Gasteiger partial charge in [0.1, 0.15) is 0 Å². The third-order valence-electron chi connectivity index (χ3n) is 2.46. The molecule has 12 heavy (non-hydrogen) atoms. The molecule has 2 heteroatoms. The zero-order valence-electron chi connectivity index (χ0n) is 9.15. The van der Waals surface area contributed by atoms with E-state index in [0.29, 0.717) is 0 Å². The second-order valence-corrected chi connectivity index (χ2v) is 8.15. The second kappa shape index (κ2) is 6.67. The van der Waals surface area contributed by atoms with Crippen LogP contribution in [0.15, 0.2) is 0 Å². The molecule has 0 radical (unpaired) electrons. The van der Waals surface area contributed by atoms with E-state index in [1.165, 1.54) is 24.9 Å². The molecule has 74 valence electrons. The van der Waals surface area contributed by atoms with Gasteiger partial charge in [-0.25, -0.2) is 0 Å². The first-order chi connectivity index (χ1) is 5.68. The summed E-state index contributed by atoms with van der Waals surface area (Å²) >= 11 is 0. The molecule has 0 aliphatic rings. The molecule has 1 unspecified atom stereocenters. The Bertz CT molecular complexity index is 96.0. The third-order valence-corrected chi connectivity index (χ3v) is 6.27. The summed E-state index contributed by atoms with van der Waals surface area (Å²) in [6.07, 6.45) is 3.81. The molecule has 0 amide bonds. The molecular formula is C10H24OSi. The molecule has 1 nitrogen and oxygen atoms in total. The minimum atomic E-state index is -1.27. The molecule has 1 atom stereocenters. The van der Waals surface area contributed by atoms with Crippen LogP contribution >= 0.6 is 0 Å². The minimum Gasteiger partial charge on any atom is -0.417 e. The Hall–Kier alpha value is 0.177. The molecule has 0 saturated carbocycles. The zero-order chi connectivity index (χ0) is 9.45. The molecule has 0 aromatic carbocycles. The van der Waals surface area contributed by atoms with Gasteiger partial charge in [-0.05, 0) is 25.1 Å². The lowest BCUT2D eigenvalue weighted by Gasteiger charge is -2.25. The summed E-state index contributed by atoms with van der Waals surface area (Å²) in [4.78, 5) is 0. The van der Waals surface area contributed by atoms with Crippen LogP contribution in [0.25, 0.3) is 0 Å².